The summed E-state index contributed by atoms with van der Waals surface area (Å²) in [5.41, 5.74) is 2.99. The second-order valence-corrected chi connectivity index (χ2v) is 17.5. The molecular weight excluding hydrogens is 701 g/mol. The molecule has 3 amide bonds. The van der Waals surface area contributed by atoms with Crippen LogP contribution in [0.5, 0.6) is 0 Å². The monoisotopic (exact) mass is 773 g/mol. The Morgan fingerprint density at radius 1 is 0.857 bits per heavy atom. The summed E-state index contributed by atoms with van der Waals surface area (Å²) in [5, 5.41) is 28.4. The number of aliphatic hydroxyl groups is 2. The van der Waals surface area contributed by atoms with E-state index in [2.05, 4.69) is 53.3 Å². The molecule has 2 aliphatic rings. The Morgan fingerprint density at radius 3 is 2.12 bits per heavy atom. The topological polar surface area (TPSA) is 122 Å². The molecule has 9 heteroatoms. The van der Waals surface area contributed by atoms with Gasteiger partial charge in [0.25, 0.3) is 0 Å². The van der Waals surface area contributed by atoms with Crippen LogP contribution in [0.3, 0.4) is 0 Å². The molecule has 1 saturated heterocycles. The van der Waals surface area contributed by atoms with E-state index in [9.17, 15) is 24.6 Å². The highest BCUT2D eigenvalue weighted by atomic mass is 16.3. The zero-order chi connectivity index (χ0) is 40.6. The normalized spacial score (nSPS) is 20.7. The lowest BCUT2D eigenvalue weighted by molar-refractivity contribution is -0.137. The molecule has 2 aromatic carbocycles. The van der Waals surface area contributed by atoms with Crippen molar-refractivity contribution < 1.29 is 24.6 Å². The summed E-state index contributed by atoms with van der Waals surface area (Å²) in [4.78, 5) is 46.5. The molecule has 9 nitrogen and oxygen atoms in total. The molecule has 1 saturated carbocycles. The lowest BCUT2D eigenvalue weighted by Crippen LogP contribution is -2.56. The number of hydrogen-bond donors (Lipinski definition) is 4. The van der Waals surface area contributed by atoms with Gasteiger partial charge in [0.1, 0.15) is 12.1 Å². The number of likely N-dealkylation sites (N-methyl/N-ethyl adjacent to an activating group) is 1. The molecule has 4 rings (SSSR count). The fourth-order valence-corrected chi connectivity index (χ4v) is 8.85. The highest BCUT2D eigenvalue weighted by Gasteiger charge is 2.35. The summed E-state index contributed by atoms with van der Waals surface area (Å²) >= 11 is 0. The Hall–Kier alpha value is -3.53. The van der Waals surface area contributed by atoms with E-state index in [4.69, 9.17) is 0 Å². The van der Waals surface area contributed by atoms with Gasteiger partial charge >= 0.3 is 0 Å². The van der Waals surface area contributed by atoms with Crippen molar-refractivity contribution in [3.05, 3.63) is 83.9 Å². The van der Waals surface area contributed by atoms with Gasteiger partial charge in [-0.2, -0.15) is 0 Å². The second kappa shape index (κ2) is 23.0. The predicted molar refractivity (Wildman–Crippen MR) is 226 cm³/mol. The minimum absolute atomic E-state index is 0.00600. The molecule has 1 heterocycles. The van der Waals surface area contributed by atoms with Crippen LogP contribution in [-0.4, -0.2) is 94.2 Å². The van der Waals surface area contributed by atoms with E-state index in [-0.39, 0.29) is 30.6 Å². The first-order valence-electron chi connectivity index (χ1n) is 21.5. The molecule has 0 aromatic heterocycles. The quantitative estimate of drug-likeness (QED) is 0.103. The Bertz CT molecular complexity index is 1500. The van der Waals surface area contributed by atoms with Gasteiger partial charge in [-0.3, -0.25) is 19.3 Å². The predicted octanol–water partition coefficient (Wildman–Crippen LogP) is 6.85. The number of piperidine rings is 1. The van der Waals surface area contributed by atoms with Crippen LogP contribution in [0.4, 0.5) is 0 Å². The highest BCUT2D eigenvalue weighted by Crippen LogP contribution is 2.29. The summed E-state index contributed by atoms with van der Waals surface area (Å²) in [5.74, 6) is -1.08. The third-order valence-electron chi connectivity index (χ3n) is 12.1. The van der Waals surface area contributed by atoms with Crippen molar-refractivity contribution in [1.29, 1.82) is 0 Å². The molecule has 310 valence electrons. The molecule has 3 unspecified atom stereocenters. The first-order valence-corrected chi connectivity index (χ1v) is 21.5. The molecule has 0 radical (unpaired) electrons. The van der Waals surface area contributed by atoms with E-state index in [1.165, 1.54) is 18.4 Å². The molecule has 0 spiro atoms. The van der Waals surface area contributed by atoms with Crippen molar-refractivity contribution in [3.8, 4) is 0 Å². The van der Waals surface area contributed by atoms with Gasteiger partial charge in [-0.1, -0.05) is 119 Å². The first kappa shape index (κ1) is 45.2. The number of nitrogens with one attached hydrogen (secondary N) is 2. The van der Waals surface area contributed by atoms with Gasteiger partial charge in [-0.25, -0.2) is 0 Å². The number of carbonyl (C=O) groups excluding carboxylic acids is 3. The Balaban J connectivity index is 1.46. The molecule has 2 fully saturated rings. The Labute approximate surface area is 337 Å². The average Bonchev–Trinajstić information content (AvgIpc) is 3.17. The smallest absolute Gasteiger partial charge is 0.243 e. The lowest BCUT2D eigenvalue weighted by atomic mass is 9.82. The highest BCUT2D eigenvalue weighted by molar-refractivity contribution is 5.91. The van der Waals surface area contributed by atoms with Crippen LogP contribution in [0.15, 0.2) is 72.8 Å². The van der Waals surface area contributed by atoms with E-state index in [1.807, 2.05) is 64.2 Å². The van der Waals surface area contributed by atoms with Gasteiger partial charge in [0.05, 0.1) is 18.1 Å². The van der Waals surface area contributed by atoms with Crippen LogP contribution >= 0.6 is 0 Å². The molecular formula is C47H72N4O5. The number of likely N-dealkylation sites (tertiary alicyclic amines) is 1. The molecule has 4 N–H and O–H groups in total. The van der Waals surface area contributed by atoms with Crippen LogP contribution in [0.2, 0.25) is 0 Å². The third kappa shape index (κ3) is 14.8. The number of rotatable bonds is 21. The number of amides is 3. The molecule has 0 bridgehead atoms. The van der Waals surface area contributed by atoms with Gasteiger partial charge in [0.15, 0.2) is 0 Å². The molecule has 56 heavy (non-hydrogen) atoms. The van der Waals surface area contributed by atoms with Crippen LogP contribution < -0.4 is 10.6 Å². The van der Waals surface area contributed by atoms with Crippen molar-refractivity contribution >= 4 is 17.7 Å². The van der Waals surface area contributed by atoms with Gasteiger partial charge in [-0.15, -0.1) is 6.58 Å². The van der Waals surface area contributed by atoms with Gasteiger partial charge < -0.3 is 25.7 Å². The van der Waals surface area contributed by atoms with Crippen molar-refractivity contribution in [2.75, 3.05) is 20.1 Å². The maximum atomic E-state index is 14.2. The standard InChI is InChI=1S/C47H72N4O5/c1-33(2)27-42(47(56)48-41(31-38-22-14-9-15-23-38)45(54)43(52)28-34(3)4)49-46(55)39(29-36-18-10-7-11-19-36)32-44(53)50(6)25-26-51-35(5)17-16-24-40(51)30-37-20-12-8-13-21-37/h7-8,10-13,18-21,34-35,38-43,45,52,54H,1,9,14-17,22-32H2,2-6H3,(H,48,56)(H,49,55)/t35?,39?,40?,41-,42-,43-,45+/m0/s1. The van der Waals surface area contributed by atoms with E-state index in [0.717, 1.165) is 62.6 Å². The van der Waals surface area contributed by atoms with Crippen molar-refractivity contribution in [2.45, 2.75) is 154 Å². The van der Waals surface area contributed by atoms with Gasteiger partial charge in [-0.05, 0) is 81.8 Å². The SMILES string of the molecule is C=C(C)C[C@H](NC(=O)C(CC(=O)N(C)CCN1C(C)CCCC1Cc1ccccc1)Cc1ccccc1)C(=O)N[C@@H](CC1CCCCC1)[C@@H](O)[C@@H](O)CC(C)C. The fourth-order valence-electron chi connectivity index (χ4n) is 8.85. The average molecular weight is 773 g/mol. The third-order valence-corrected chi connectivity index (χ3v) is 12.1. The zero-order valence-electron chi connectivity index (χ0n) is 35.0. The summed E-state index contributed by atoms with van der Waals surface area (Å²) in [7, 11) is 1.82. The molecule has 2 aromatic rings. The minimum Gasteiger partial charge on any atom is -0.390 e. The van der Waals surface area contributed by atoms with Crippen molar-refractivity contribution in [2.24, 2.45) is 17.8 Å². The zero-order valence-corrected chi connectivity index (χ0v) is 35.0. The van der Waals surface area contributed by atoms with E-state index in [0.29, 0.717) is 43.8 Å². The number of hydrogen-bond acceptors (Lipinski definition) is 6. The second-order valence-electron chi connectivity index (χ2n) is 17.5. The Morgan fingerprint density at radius 2 is 1.50 bits per heavy atom. The van der Waals surface area contributed by atoms with Crippen LogP contribution in [-0.2, 0) is 27.2 Å². The van der Waals surface area contributed by atoms with Crippen LogP contribution in [0.25, 0.3) is 0 Å². The van der Waals surface area contributed by atoms with Gasteiger partial charge in [0.2, 0.25) is 17.7 Å². The largest absolute Gasteiger partial charge is 0.390 e. The summed E-state index contributed by atoms with van der Waals surface area (Å²) in [6, 6.07) is 19.5. The Kier molecular flexibility index (Phi) is 18.6. The summed E-state index contributed by atoms with van der Waals surface area (Å²) in [6.07, 6.45) is 9.37. The van der Waals surface area contributed by atoms with E-state index < -0.39 is 36.1 Å². The maximum Gasteiger partial charge on any atom is 0.243 e. The fraction of sp³-hybridized carbons (Fsp3) is 0.638. The molecule has 1 aliphatic carbocycles. The number of aliphatic hydroxyl groups excluding tert-OH is 2. The number of nitrogens with zero attached hydrogens (tertiary/aromatic N) is 2. The van der Waals surface area contributed by atoms with E-state index >= 15 is 0 Å². The molecule has 1 aliphatic heterocycles. The van der Waals surface area contributed by atoms with E-state index in [1.54, 1.807) is 4.90 Å². The van der Waals surface area contributed by atoms with Gasteiger partial charge in [0, 0.05) is 38.6 Å². The molecule has 7 atom stereocenters. The van der Waals surface area contributed by atoms with Crippen molar-refractivity contribution in [3.63, 3.8) is 0 Å². The summed E-state index contributed by atoms with van der Waals surface area (Å²) < 4.78 is 0. The van der Waals surface area contributed by atoms with Crippen LogP contribution in [0.1, 0.15) is 116 Å². The van der Waals surface area contributed by atoms with Crippen molar-refractivity contribution in [1.82, 2.24) is 20.4 Å². The minimum atomic E-state index is -1.13. The first-order chi connectivity index (χ1) is 26.8. The summed E-state index contributed by atoms with van der Waals surface area (Å²) in [6.45, 7) is 13.5. The lowest BCUT2D eigenvalue weighted by Gasteiger charge is -2.41. The number of carbonyl (C=O) groups is 3. The van der Waals surface area contributed by atoms with Crippen LogP contribution in [0, 0.1) is 17.8 Å². The maximum absolute atomic E-state index is 14.2. The number of benzene rings is 2.